The molecule has 1 aromatic rings. The lowest BCUT2D eigenvalue weighted by Gasteiger charge is -2.15. The number of halogens is 1. The van der Waals surface area contributed by atoms with Crippen LogP contribution in [0.4, 0.5) is 0 Å². The van der Waals surface area contributed by atoms with E-state index in [4.69, 9.17) is 23.1 Å². The van der Waals surface area contributed by atoms with Gasteiger partial charge in [0.05, 0.1) is 0 Å². The van der Waals surface area contributed by atoms with Crippen molar-refractivity contribution in [2.75, 3.05) is 0 Å². The van der Waals surface area contributed by atoms with Gasteiger partial charge in [-0.3, -0.25) is 0 Å². The topological polar surface area (TPSA) is 52.0 Å². The Morgan fingerprint density at radius 1 is 1.17 bits per heavy atom. The van der Waals surface area contributed by atoms with Crippen LogP contribution in [0.3, 0.4) is 0 Å². The summed E-state index contributed by atoms with van der Waals surface area (Å²) in [4.78, 5) is 0. The molecule has 0 spiro atoms. The van der Waals surface area contributed by atoms with E-state index in [1.807, 2.05) is 31.2 Å². The van der Waals surface area contributed by atoms with E-state index >= 15 is 0 Å². The van der Waals surface area contributed by atoms with Crippen molar-refractivity contribution in [2.24, 2.45) is 11.5 Å². The standard InChI is InChI=1S/C9H13ClN2/c1-6(11)9(12)7-2-4-8(10)5-3-7/h2-6,9H,11-12H2,1H3/t6-,9-/m0/s1. The molecule has 4 N–H and O–H groups in total. The minimum absolute atomic E-state index is 0.0359. The second kappa shape index (κ2) is 3.90. The summed E-state index contributed by atoms with van der Waals surface area (Å²) < 4.78 is 0. The molecule has 0 unspecified atom stereocenters. The van der Waals surface area contributed by atoms with E-state index < -0.39 is 0 Å². The fourth-order valence-electron chi connectivity index (χ4n) is 0.989. The first kappa shape index (κ1) is 9.52. The molecular weight excluding hydrogens is 172 g/mol. The third kappa shape index (κ3) is 2.21. The van der Waals surface area contributed by atoms with Crippen molar-refractivity contribution < 1.29 is 0 Å². The first-order valence-electron chi connectivity index (χ1n) is 3.88. The second-order valence-corrected chi connectivity index (χ2v) is 3.37. The summed E-state index contributed by atoms with van der Waals surface area (Å²) in [6.07, 6.45) is 0. The van der Waals surface area contributed by atoms with Gasteiger partial charge in [0.1, 0.15) is 0 Å². The number of hydrogen-bond donors (Lipinski definition) is 2. The summed E-state index contributed by atoms with van der Waals surface area (Å²) in [5.74, 6) is 0. The summed E-state index contributed by atoms with van der Waals surface area (Å²) in [6.45, 7) is 1.89. The molecule has 0 bridgehead atoms. The zero-order chi connectivity index (χ0) is 9.14. The monoisotopic (exact) mass is 184 g/mol. The first-order chi connectivity index (χ1) is 5.61. The van der Waals surface area contributed by atoms with E-state index in [0.717, 1.165) is 10.6 Å². The van der Waals surface area contributed by atoms with Gasteiger partial charge in [-0.15, -0.1) is 0 Å². The Hall–Kier alpha value is -0.570. The molecule has 0 aliphatic heterocycles. The SMILES string of the molecule is C[C@H](N)[C@H](N)c1ccc(Cl)cc1. The molecule has 0 fully saturated rings. The Morgan fingerprint density at radius 3 is 2.08 bits per heavy atom. The molecule has 0 aromatic heterocycles. The predicted octanol–water partition coefficient (Wildman–Crippen LogP) is 1.69. The molecule has 66 valence electrons. The molecule has 0 saturated heterocycles. The Labute approximate surface area is 77.5 Å². The van der Waals surface area contributed by atoms with Gasteiger partial charge in [-0.1, -0.05) is 23.7 Å². The normalized spacial score (nSPS) is 15.7. The molecule has 0 aliphatic carbocycles. The summed E-state index contributed by atoms with van der Waals surface area (Å²) in [5.41, 5.74) is 12.5. The lowest BCUT2D eigenvalue weighted by Crippen LogP contribution is -2.30. The van der Waals surface area contributed by atoms with E-state index in [-0.39, 0.29) is 12.1 Å². The molecule has 12 heavy (non-hydrogen) atoms. The van der Waals surface area contributed by atoms with Crippen molar-refractivity contribution in [1.29, 1.82) is 0 Å². The number of benzene rings is 1. The van der Waals surface area contributed by atoms with Crippen LogP contribution in [0.2, 0.25) is 5.02 Å². The molecule has 1 rings (SSSR count). The molecule has 0 radical (unpaired) electrons. The van der Waals surface area contributed by atoms with Crippen LogP contribution in [0.25, 0.3) is 0 Å². The van der Waals surface area contributed by atoms with Crippen molar-refractivity contribution in [2.45, 2.75) is 19.0 Å². The fraction of sp³-hybridized carbons (Fsp3) is 0.333. The van der Waals surface area contributed by atoms with Crippen LogP contribution in [0, 0.1) is 0 Å². The van der Waals surface area contributed by atoms with Crippen LogP contribution in [0.15, 0.2) is 24.3 Å². The van der Waals surface area contributed by atoms with Crippen molar-refractivity contribution in [1.82, 2.24) is 0 Å². The zero-order valence-corrected chi connectivity index (χ0v) is 7.75. The average molecular weight is 185 g/mol. The first-order valence-corrected chi connectivity index (χ1v) is 4.25. The smallest absolute Gasteiger partial charge is 0.0446 e. The van der Waals surface area contributed by atoms with Gasteiger partial charge in [-0.2, -0.15) is 0 Å². The molecule has 0 saturated carbocycles. The highest BCUT2D eigenvalue weighted by atomic mass is 35.5. The predicted molar refractivity (Wildman–Crippen MR) is 52.0 cm³/mol. The third-order valence-electron chi connectivity index (χ3n) is 1.82. The van der Waals surface area contributed by atoms with E-state index in [1.165, 1.54) is 0 Å². The number of hydrogen-bond acceptors (Lipinski definition) is 2. The highest BCUT2D eigenvalue weighted by Gasteiger charge is 2.09. The number of nitrogens with two attached hydrogens (primary N) is 2. The van der Waals surface area contributed by atoms with Gasteiger partial charge in [0.15, 0.2) is 0 Å². The van der Waals surface area contributed by atoms with Crippen LogP contribution in [-0.2, 0) is 0 Å². The largest absolute Gasteiger partial charge is 0.326 e. The molecule has 1 aromatic carbocycles. The lowest BCUT2D eigenvalue weighted by molar-refractivity contribution is 0.589. The second-order valence-electron chi connectivity index (χ2n) is 2.94. The van der Waals surface area contributed by atoms with Crippen molar-refractivity contribution in [3.05, 3.63) is 34.9 Å². The van der Waals surface area contributed by atoms with Crippen LogP contribution < -0.4 is 11.5 Å². The van der Waals surface area contributed by atoms with Crippen molar-refractivity contribution >= 4 is 11.6 Å². The lowest BCUT2D eigenvalue weighted by atomic mass is 10.0. The summed E-state index contributed by atoms with van der Waals surface area (Å²) >= 11 is 5.72. The Morgan fingerprint density at radius 2 is 1.67 bits per heavy atom. The average Bonchev–Trinajstić information content (AvgIpc) is 2.04. The Kier molecular flexibility index (Phi) is 3.09. The highest BCUT2D eigenvalue weighted by Crippen LogP contribution is 2.16. The van der Waals surface area contributed by atoms with Crippen LogP contribution in [0.5, 0.6) is 0 Å². The molecule has 2 nitrogen and oxygen atoms in total. The molecule has 0 aliphatic rings. The van der Waals surface area contributed by atoms with E-state index in [1.54, 1.807) is 0 Å². The van der Waals surface area contributed by atoms with Crippen LogP contribution in [-0.4, -0.2) is 6.04 Å². The van der Waals surface area contributed by atoms with Gasteiger partial charge >= 0.3 is 0 Å². The third-order valence-corrected chi connectivity index (χ3v) is 2.07. The highest BCUT2D eigenvalue weighted by molar-refractivity contribution is 6.30. The minimum atomic E-state index is -0.109. The van der Waals surface area contributed by atoms with Gasteiger partial charge in [0.25, 0.3) is 0 Å². The van der Waals surface area contributed by atoms with Crippen molar-refractivity contribution in [3.63, 3.8) is 0 Å². The van der Waals surface area contributed by atoms with Crippen LogP contribution in [0.1, 0.15) is 18.5 Å². The molecule has 0 heterocycles. The van der Waals surface area contributed by atoms with Gasteiger partial charge in [0.2, 0.25) is 0 Å². The Balaban J connectivity index is 2.82. The van der Waals surface area contributed by atoms with Gasteiger partial charge < -0.3 is 11.5 Å². The molecular formula is C9H13ClN2. The van der Waals surface area contributed by atoms with E-state index in [0.29, 0.717) is 0 Å². The maximum absolute atomic E-state index is 5.82. The van der Waals surface area contributed by atoms with Crippen LogP contribution >= 0.6 is 11.6 Å². The van der Waals surface area contributed by atoms with E-state index in [9.17, 15) is 0 Å². The number of rotatable bonds is 2. The summed E-state index contributed by atoms with van der Waals surface area (Å²) in [6, 6.07) is 7.29. The van der Waals surface area contributed by atoms with Gasteiger partial charge in [0, 0.05) is 17.1 Å². The fourth-order valence-corrected chi connectivity index (χ4v) is 1.11. The van der Waals surface area contributed by atoms with Gasteiger partial charge in [-0.05, 0) is 24.6 Å². The molecule has 3 heteroatoms. The molecule has 2 atom stereocenters. The maximum Gasteiger partial charge on any atom is 0.0446 e. The zero-order valence-electron chi connectivity index (χ0n) is 7.00. The minimum Gasteiger partial charge on any atom is -0.326 e. The van der Waals surface area contributed by atoms with E-state index in [2.05, 4.69) is 0 Å². The van der Waals surface area contributed by atoms with Gasteiger partial charge in [-0.25, -0.2) is 0 Å². The maximum atomic E-state index is 5.82. The summed E-state index contributed by atoms with van der Waals surface area (Å²) in [7, 11) is 0. The Bertz CT molecular complexity index is 243. The summed E-state index contributed by atoms with van der Waals surface area (Å²) in [5, 5.41) is 0.718. The molecule has 0 amide bonds. The quantitative estimate of drug-likeness (QED) is 0.735. The van der Waals surface area contributed by atoms with Crippen molar-refractivity contribution in [3.8, 4) is 0 Å².